The van der Waals surface area contributed by atoms with Crippen LogP contribution < -0.4 is 10.5 Å². The van der Waals surface area contributed by atoms with Gasteiger partial charge in [-0.15, -0.1) is 0 Å². The van der Waals surface area contributed by atoms with Crippen molar-refractivity contribution in [1.29, 1.82) is 0 Å². The van der Waals surface area contributed by atoms with Crippen molar-refractivity contribution in [3.8, 4) is 5.75 Å². The van der Waals surface area contributed by atoms with Crippen LogP contribution in [0.1, 0.15) is 16.8 Å². The highest BCUT2D eigenvalue weighted by atomic mass is 16.6. The summed E-state index contributed by atoms with van der Waals surface area (Å²) in [5.74, 6) is -1.53. The van der Waals surface area contributed by atoms with Crippen molar-refractivity contribution in [2.24, 2.45) is 0 Å². The highest BCUT2D eigenvalue weighted by Crippen LogP contribution is 2.25. The maximum Gasteiger partial charge on any atom is 0.347 e. The van der Waals surface area contributed by atoms with Crippen molar-refractivity contribution < 1.29 is 24.2 Å². The zero-order chi connectivity index (χ0) is 12.4. The number of carboxylic acids is 1. The van der Waals surface area contributed by atoms with Gasteiger partial charge in [-0.2, -0.15) is 0 Å². The minimum atomic E-state index is -1.13. The average molecular weight is 237 g/mol. The van der Waals surface area contributed by atoms with E-state index in [1.54, 1.807) is 0 Å². The molecule has 0 spiro atoms. The first-order chi connectivity index (χ1) is 8.08. The third-order valence-corrected chi connectivity index (χ3v) is 2.39. The molecule has 1 heterocycles. The summed E-state index contributed by atoms with van der Waals surface area (Å²) in [4.78, 5) is 22.2. The van der Waals surface area contributed by atoms with Gasteiger partial charge >= 0.3 is 11.9 Å². The fourth-order valence-electron chi connectivity index (χ4n) is 1.55. The molecule has 1 atom stereocenters. The monoisotopic (exact) mass is 237 g/mol. The molecule has 1 unspecified atom stereocenters. The molecule has 0 aromatic heterocycles. The Labute approximate surface area is 96.9 Å². The van der Waals surface area contributed by atoms with E-state index in [1.807, 2.05) is 0 Å². The van der Waals surface area contributed by atoms with Crippen molar-refractivity contribution in [2.45, 2.75) is 12.5 Å². The number of hydrogen-bond donors (Lipinski definition) is 2. The van der Waals surface area contributed by atoms with Crippen molar-refractivity contribution >= 4 is 17.6 Å². The summed E-state index contributed by atoms with van der Waals surface area (Å²) in [6, 6.07) is 4.19. The van der Waals surface area contributed by atoms with Crippen LogP contribution in [-0.4, -0.2) is 29.8 Å². The molecule has 1 fully saturated rings. The van der Waals surface area contributed by atoms with E-state index in [4.69, 9.17) is 20.3 Å². The summed E-state index contributed by atoms with van der Waals surface area (Å²) >= 11 is 0. The van der Waals surface area contributed by atoms with E-state index >= 15 is 0 Å². The summed E-state index contributed by atoms with van der Waals surface area (Å²) in [5, 5.41) is 8.96. The molecule has 1 aromatic carbocycles. The molecule has 0 amide bonds. The smallest absolute Gasteiger partial charge is 0.347 e. The highest BCUT2D eigenvalue weighted by Gasteiger charge is 2.29. The lowest BCUT2D eigenvalue weighted by Crippen LogP contribution is -2.22. The van der Waals surface area contributed by atoms with E-state index < -0.39 is 18.0 Å². The number of aromatic carboxylic acids is 1. The Balaban J connectivity index is 2.27. The van der Waals surface area contributed by atoms with Crippen molar-refractivity contribution in [3.05, 3.63) is 23.8 Å². The van der Waals surface area contributed by atoms with E-state index in [1.165, 1.54) is 18.2 Å². The molecule has 0 saturated carbocycles. The summed E-state index contributed by atoms with van der Waals surface area (Å²) in [6.45, 7) is 0.286. The van der Waals surface area contributed by atoms with Crippen LogP contribution >= 0.6 is 0 Å². The molecule has 1 aliphatic rings. The Hall–Kier alpha value is -2.24. The molecular weight excluding hydrogens is 226 g/mol. The van der Waals surface area contributed by atoms with Gasteiger partial charge in [0.25, 0.3) is 0 Å². The molecule has 0 radical (unpaired) electrons. The Kier molecular flexibility index (Phi) is 2.86. The average Bonchev–Trinajstić information content (AvgIpc) is 2.64. The van der Waals surface area contributed by atoms with Crippen molar-refractivity contribution in [2.75, 3.05) is 12.3 Å². The zero-order valence-corrected chi connectivity index (χ0v) is 8.88. The number of ether oxygens (including phenoxy) is 2. The van der Waals surface area contributed by atoms with Gasteiger partial charge in [0.05, 0.1) is 6.61 Å². The fourth-order valence-corrected chi connectivity index (χ4v) is 1.55. The summed E-state index contributed by atoms with van der Waals surface area (Å²) in [7, 11) is 0. The van der Waals surface area contributed by atoms with E-state index in [0.717, 1.165) is 0 Å². The van der Waals surface area contributed by atoms with Crippen LogP contribution in [0.3, 0.4) is 0 Å². The largest absolute Gasteiger partial charge is 0.478 e. The molecule has 0 aliphatic carbocycles. The number of benzene rings is 1. The topological polar surface area (TPSA) is 98.9 Å². The number of carboxylic acid groups (broad SMARTS) is 1. The van der Waals surface area contributed by atoms with E-state index in [9.17, 15) is 9.59 Å². The summed E-state index contributed by atoms with van der Waals surface area (Å²) in [6.07, 6.45) is -0.345. The summed E-state index contributed by atoms with van der Waals surface area (Å²) < 4.78 is 10.1. The van der Waals surface area contributed by atoms with E-state index in [2.05, 4.69) is 0 Å². The van der Waals surface area contributed by atoms with Crippen LogP contribution in [0.15, 0.2) is 18.2 Å². The number of esters is 1. The molecule has 90 valence electrons. The van der Waals surface area contributed by atoms with E-state index in [0.29, 0.717) is 12.1 Å². The first kappa shape index (κ1) is 11.3. The van der Waals surface area contributed by atoms with Crippen LogP contribution in [0, 0.1) is 0 Å². The molecular formula is C11H11NO5. The fraction of sp³-hybridized carbons (Fsp3) is 0.273. The first-order valence-corrected chi connectivity index (χ1v) is 5.04. The Morgan fingerprint density at radius 2 is 2.29 bits per heavy atom. The number of rotatable bonds is 3. The number of anilines is 1. The van der Waals surface area contributed by atoms with Crippen LogP contribution in [-0.2, 0) is 9.53 Å². The molecule has 1 saturated heterocycles. The molecule has 6 heteroatoms. The van der Waals surface area contributed by atoms with Gasteiger partial charge in [-0.05, 0) is 12.1 Å². The number of carbonyl (C=O) groups is 2. The normalized spacial score (nSPS) is 18.8. The number of carbonyl (C=O) groups excluding carboxylic acids is 1. The SMILES string of the molecule is Nc1ccc(C(=O)O)c(OC2CCOC2=O)c1. The van der Waals surface area contributed by atoms with Crippen LogP contribution in [0.2, 0.25) is 0 Å². The van der Waals surface area contributed by atoms with Gasteiger partial charge in [-0.1, -0.05) is 0 Å². The molecule has 0 bridgehead atoms. The van der Waals surface area contributed by atoms with Gasteiger partial charge in [0.1, 0.15) is 11.3 Å². The van der Waals surface area contributed by atoms with Gasteiger partial charge in [0, 0.05) is 18.2 Å². The number of nitrogens with two attached hydrogens (primary N) is 1. The molecule has 1 aliphatic heterocycles. The number of cyclic esters (lactones) is 1. The molecule has 1 aromatic rings. The second-order valence-corrected chi connectivity index (χ2v) is 3.62. The molecule has 17 heavy (non-hydrogen) atoms. The van der Waals surface area contributed by atoms with Crippen molar-refractivity contribution in [1.82, 2.24) is 0 Å². The van der Waals surface area contributed by atoms with Crippen LogP contribution in [0.5, 0.6) is 5.75 Å². The lowest BCUT2D eigenvalue weighted by molar-refractivity contribution is -0.143. The molecule has 6 nitrogen and oxygen atoms in total. The summed E-state index contributed by atoms with van der Waals surface area (Å²) in [5.41, 5.74) is 5.89. The zero-order valence-electron chi connectivity index (χ0n) is 8.88. The first-order valence-electron chi connectivity index (χ1n) is 5.04. The van der Waals surface area contributed by atoms with Crippen LogP contribution in [0.25, 0.3) is 0 Å². The maximum absolute atomic E-state index is 11.2. The van der Waals surface area contributed by atoms with Gasteiger partial charge in [-0.3, -0.25) is 0 Å². The predicted molar refractivity (Wildman–Crippen MR) is 57.8 cm³/mol. The van der Waals surface area contributed by atoms with Crippen LogP contribution in [0.4, 0.5) is 5.69 Å². The molecule has 2 rings (SSSR count). The Morgan fingerprint density at radius 1 is 1.53 bits per heavy atom. The van der Waals surface area contributed by atoms with Gasteiger partial charge in [0.15, 0.2) is 6.10 Å². The van der Waals surface area contributed by atoms with E-state index in [-0.39, 0.29) is 17.9 Å². The predicted octanol–water partition coefficient (Wildman–Crippen LogP) is 0.661. The van der Waals surface area contributed by atoms with Gasteiger partial charge in [0.2, 0.25) is 0 Å². The third-order valence-electron chi connectivity index (χ3n) is 2.39. The lowest BCUT2D eigenvalue weighted by Gasteiger charge is -2.12. The maximum atomic E-state index is 11.2. The third kappa shape index (κ3) is 2.30. The Morgan fingerprint density at radius 3 is 2.88 bits per heavy atom. The minimum Gasteiger partial charge on any atom is -0.478 e. The molecule has 3 N–H and O–H groups in total. The number of hydrogen-bond acceptors (Lipinski definition) is 5. The quantitative estimate of drug-likeness (QED) is 0.592. The Bertz CT molecular complexity index is 471. The van der Waals surface area contributed by atoms with Gasteiger partial charge in [-0.25, -0.2) is 9.59 Å². The highest BCUT2D eigenvalue weighted by molar-refractivity contribution is 5.91. The lowest BCUT2D eigenvalue weighted by atomic mass is 10.2. The standard InChI is InChI=1S/C11H11NO5/c12-6-1-2-7(10(13)14)9(5-6)17-8-3-4-16-11(8)15/h1-2,5,8H,3-4,12H2,(H,13,14). The minimum absolute atomic E-state index is 0.0288. The second-order valence-electron chi connectivity index (χ2n) is 3.62. The van der Waals surface area contributed by atoms with Gasteiger partial charge < -0.3 is 20.3 Å². The number of nitrogen functional groups attached to an aromatic ring is 1. The van der Waals surface area contributed by atoms with Crippen molar-refractivity contribution in [3.63, 3.8) is 0 Å². The second kappa shape index (κ2) is 4.32.